The van der Waals surface area contributed by atoms with Gasteiger partial charge in [-0.2, -0.15) is 5.10 Å². The lowest BCUT2D eigenvalue weighted by molar-refractivity contribution is 0.327. The first kappa shape index (κ1) is 11.4. The summed E-state index contributed by atoms with van der Waals surface area (Å²) >= 11 is 0. The zero-order chi connectivity index (χ0) is 12.4. The summed E-state index contributed by atoms with van der Waals surface area (Å²) in [6.07, 6.45) is 5.14. The van der Waals surface area contributed by atoms with Crippen molar-refractivity contribution in [2.24, 2.45) is 5.73 Å². The molecule has 0 unspecified atom stereocenters. The summed E-state index contributed by atoms with van der Waals surface area (Å²) in [6, 6.07) is 10.5. The molecule has 2 heterocycles. The molecular formula is C14H18N4. The molecular weight excluding hydrogens is 224 g/mol. The average Bonchev–Trinajstić information content (AvgIpc) is 3.01. The van der Waals surface area contributed by atoms with Crippen LogP contribution < -0.4 is 5.73 Å². The summed E-state index contributed by atoms with van der Waals surface area (Å²) < 4.78 is 1.92. The number of benzene rings is 1. The molecule has 18 heavy (non-hydrogen) atoms. The topological polar surface area (TPSA) is 47.1 Å². The predicted octanol–water partition coefficient (Wildman–Crippen LogP) is 1.41. The van der Waals surface area contributed by atoms with Crippen LogP contribution in [0.2, 0.25) is 0 Å². The maximum absolute atomic E-state index is 5.91. The highest BCUT2D eigenvalue weighted by Gasteiger charge is 2.19. The zero-order valence-electron chi connectivity index (χ0n) is 10.4. The molecule has 0 amide bonds. The fraction of sp³-hybridized carbons (Fsp3) is 0.357. The Labute approximate surface area is 107 Å². The van der Waals surface area contributed by atoms with Crippen molar-refractivity contribution in [3.8, 4) is 5.69 Å². The van der Waals surface area contributed by atoms with Crippen LogP contribution >= 0.6 is 0 Å². The molecule has 94 valence electrons. The highest BCUT2D eigenvalue weighted by atomic mass is 15.3. The maximum Gasteiger partial charge on any atom is 0.0645 e. The van der Waals surface area contributed by atoms with Crippen molar-refractivity contribution in [1.82, 2.24) is 14.7 Å². The van der Waals surface area contributed by atoms with E-state index < -0.39 is 0 Å². The van der Waals surface area contributed by atoms with Crippen LogP contribution in [0, 0.1) is 0 Å². The molecule has 1 aliphatic rings. The molecule has 1 saturated heterocycles. The highest BCUT2D eigenvalue weighted by Crippen LogP contribution is 2.13. The van der Waals surface area contributed by atoms with E-state index in [0.29, 0.717) is 6.04 Å². The van der Waals surface area contributed by atoms with Crippen LogP contribution in [0.25, 0.3) is 5.69 Å². The summed E-state index contributed by atoms with van der Waals surface area (Å²) in [5.74, 6) is 0. The van der Waals surface area contributed by atoms with Gasteiger partial charge in [-0.25, -0.2) is 4.68 Å². The molecule has 1 atom stereocenters. The second-order valence-electron chi connectivity index (χ2n) is 4.91. The summed E-state index contributed by atoms with van der Waals surface area (Å²) in [7, 11) is 0. The number of nitrogens with two attached hydrogens (primary N) is 1. The lowest BCUT2D eigenvalue weighted by Gasteiger charge is -2.13. The molecule has 2 aromatic rings. The minimum Gasteiger partial charge on any atom is -0.326 e. The van der Waals surface area contributed by atoms with Gasteiger partial charge in [0.1, 0.15) is 0 Å². The fourth-order valence-corrected chi connectivity index (χ4v) is 2.43. The highest BCUT2D eigenvalue weighted by molar-refractivity contribution is 5.30. The number of rotatable bonds is 3. The van der Waals surface area contributed by atoms with E-state index in [0.717, 1.165) is 31.7 Å². The van der Waals surface area contributed by atoms with Crippen molar-refractivity contribution in [2.45, 2.75) is 19.0 Å². The Hall–Kier alpha value is -1.65. The lowest BCUT2D eigenvalue weighted by Crippen LogP contribution is -2.26. The molecule has 4 nitrogen and oxygen atoms in total. The van der Waals surface area contributed by atoms with Crippen LogP contribution in [0.3, 0.4) is 0 Å². The standard InChI is InChI=1S/C14H18N4/c15-13-6-7-17(11-13)9-12-8-16-18(10-12)14-4-2-1-3-5-14/h1-5,8,10,13H,6-7,9,11,15H2/t13-/m0/s1. The summed E-state index contributed by atoms with van der Waals surface area (Å²) in [5, 5.41) is 4.41. The third-order valence-electron chi connectivity index (χ3n) is 3.37. The first-order valence-corrected chi connectivity index (χ1v) is 6.38. The number of hydrogen-bond acceptors (Lipinski definition) is 3. The summed E-state index contributed by atoms with van der Waals surface area (Å²) in [6.45, 7) is 3.04. The fourth-order valence-electron chi connectivity index (χ4n) is 2.43. The van der Waals surface area contributed by atoms with Gasteiger partial charge in [-0.1, -0.05) is 18.2 Å². The van der Waals surface area contributed by atoms with Gasteiger partial charge in [0.15, 0.2) is 0 Å². The molecule has 4 heteroatoms. The predicted molar refractivity (Wildman–Crippen MR) is 71.4 cm³/mol. The third kappa shape index (κ3) is 2.44. The van der Waals surface area contributed by atoms with Gasteiger partial charge in [0.05, 0.1) is 11.9 Å². The van der Waals surface area contributed by atoms with Crippen LogP contribution in [0.5, 0.6) is 0 Å². The van der Waals surface area contributed by atoms with Gasteiger partial charge in [0.2, 0.25) is 0 Å². The number of hydrogen-bond donors (Lipinski definition) is 1. The first-order chi connectivity index (χ1) is 8.81. The smallest absolute Gasteiger partial charge is 0.0645 e. The van der Waals surface area contributed by atoms with Gasteiger partial charge in [-0.05, 0) is 18.6 Å². The first-order valence-electron chi connectivity index (χ1n) is 6.38. The van der Waals surface area contributed by atoms with E-state index in [1.807, 2.05) is 29.1 Å². The maximum atomic E-state index is 5.91. The molecule has 0 radical (unpaired) electrons. The van der Waals surface area contributed by atoms with Crippen molar-refractivity contribution < 1.29 is 0 Å². The van der Waals surface area contributed by atoms with Crippen molar-refractivity contribution in [3.63, 3.8) is 0 Å². The molecule has 1 aliphatic heterocycles. The third-order valence-corrected chi connectivity index (χ3v) is 3.37. The molecule has 0 spiro atoms. The molecule has 1 fully saturated rings. The van der Waals surface area contributed by atoms with Crippen LogP contribution in [-0.2, 0) is 6.54 Å². The Morgan fingerprint density at radius 3 is 2.83 bits per heavy atom. The minimum absolute atomic E-state index is 0.342. The van der Waals surface area contributed by atoms with Crippen molar-refractivity contribution in [3.05, 3.63) is 48.3 Å². The molecule has 0 bridgehead atoms. The largest absolute Gasteiger partial charge is 0.326 e. The minimum atomic E-state index is 0.342. The van der Waals surface area contributed by atoms with Crippen molar-refractivity contribution in [1.29, 1.82) is 0 Å². The van der Waals surface area contributed by atoms with E-state index in [2.05, 4.69) is 28.3 Å². The van der Waals surface area contributed by atoms with Gasteiger partial charge < -0.3 is 5.73 Å². The molecule has 1 aromatic heterocycles. The summed E-state index contributed by atoms with van der Waals surface area (Å²) in [4.78, 5) is 2.39. The number of para-hydroxylation sites is 1. The van der Waals surface area contributed by atoms with Crippen LogP contribution in [0.1, 0.15) is 12.0 Å². The molecule has 2 N–H and O–H groups in total. The molecule has 0 saturated carbocycles. The second kappa shape index (κ2) is 4.92. The van der Waals surface area contributed by atoms with E-state index >= 15 is 0 Å². The average molecular weight is 242 g/mol. The zero-order valence-corrected chi connectivity index (χ0v) is 10.4. The van der Waals surface area contributed by atoms with E-state index in [-0.39, 0.29) is 0 Å². The van der Waals surface area contributed by atoms with Crippen molar-refractivity contribution in [2.75, 3.05) is 13.1 Å². The van der Waals surface area contributed by atoms with Gasteiger partial charge in [-0.3, -0.25) is 4.90 Å². The van der Waals surface area contributed by atoms with Crippen LogP contribution in [0.4, 0.5) is 0 Å². The van der Waals surface area contributed by atoms with Gasteiger partial charge in [-0.15, -0.1) is 0 Å². The van der Waals surface area contributed by atoms with Gasteiger partial charge in [0, 0.05) is 37.4 Å². The van der Waals surface area contributed by atoms with E-state index in [9.17, 15) is 0 Å². The molecule has 0 aliphatic carbocycles. The van der Waals surface area contributed by atoms with Gasteiger partial charge in [0.25, 0.3) is 0 Å². The normalized spacial score (nSPS) is 20.4. The Morgan fingerprint density at radius 2 is 2.11 bits per heavy atom. The van der Waals surface area contributed by atoms with E-state index in [1.54, 1.807) is 0 Å². The SMILES string of the molecule is N[C@H]1CCN(Cc2cnn(-c3ccccc3)c2)C1. The van der Waals surface area contributed by atoms with Crippen molar-refractivity contribution >= 4 is 0 Å². The van der Waals surface area contributed by atoms with E-state index in [4.69, 9.17) is 5.73 Å². The summed E-state index contributed by atoms with van der Waals surface area (Å²) in [5.41, 5.74) is 8.25. The number of nitrogens with zero attached hydrogens (tertiary/aromatic N) is 3. The van der Waals surface area contributed by atoms with Crippen LogP contribution in [-0.4, -0.2) is 33.8 Å². The van der Waals surface area contributed by atoms with E-state index in [1.165, 1.54) is 5.56 Å². The quantitative estimate of drug-likeness (QED) is 0.885. The molecule has 1 aromatic carbocycles. The Bertz CT molecular complexity index is 506. The second-order valence-corrected chi connectivity index (χ2v) is 4.91. The van der Waals surface area contributed by atoms with Crippen LogP contribution in [0.15, 0.2) is 42.7 Å². The Kier molecular flexibility index (Phi) is 3.13. The lowest BCUT2D eigenvalue weighted by atomic mass is 10.3. The number of likely N-dealkylation sites (tertiary alicyclic amines) is 1. The Balaban J connectivity index is 1.70. The Morgan fingerprint density at radius 1 is 1.28 bits per heavy atom. The monoisotopic (exact) mass is 242 g/mol. The number of aromatic nitrogens is 2. The van der Waals surface area contributed by atoms with Gasteiger partial charge >= 0.3 is 0 Å². The molecule has 3 rings (SSSR count).